The van der Waals surface area contributed by atoms with Gasteiger partial charge in [0.25, 0.3) is 0 Å². The van der Waals surface area contributed by atoms with E-state index in [0.29, 0.717) is 0 Å². The molecule has 0 N–H and O–H groups in total. The van der Waals surface area contributed by atoms with Crippen molar-refractivity contribution >= 4 is 34.3 Å². The Balaban J connectivity index is 2.08. The van der Waals surface area contributed by atoms with Crippen molar-refractivity contribution < 1.29 is 0 Å². The number of thioether (sulfide) groups is 1. The van der Waals surface area contributed by atoms with Gasteiger partial charge in [-0.05, 0) is 0 Å². The van der Waals surface area contributed by atoms with Crippen molar-refractivity contribution in [3.8, 4) is 0 Å². The zero-order valence-corrected chi connectivity index (χ0v) is 7.09. The van der Waals surface area contributed by atoms with Crippen LogP contribution in [0, 0.1) is 0 Å². The molecular formula is C3H6SSn. The fraction of sp³-hybridized carbons (Fsp3) is 1.00. The summed E-state index contributed by atoms with van der Waals surface area (Å²) in [6.07, 6.45) is 0. The number of hydrogen-bond acceptors (Lipinski definition) is 1. The van der Waals surface area contributed by atoms with Gasteiger partial charge < -0.3 is 0 Å². The Morgan fingerprint density at radius 3 is 2.00 bits per heavy atom. The summed E-state index contributed by atoms with van der Waals surface area (Å²) < 4.78 is 1.16. The van der Waals surface area contributed by atoms with E-state index in [2.05, 4.69) is 11.8 Å². The Bertz CT molecular complexity index is 33.9. The summed E-state index contributed by atoms with van der Waals surface area (Å²) in [5.41, 5.74) is 0. The molecule has 0 saturated carbocycles. The Hall–Kier alpha value is 1.15. The Morgan fingerprint density at radius 2 is 2.00 bits per heavy atom. The van der Waals surface area contributed by atoms with Crippen LogP contribution in [-0.4, -0.2) is 34.0 Å². The molecule has 1 aliphatic heterocycles. The van der Waals surface area contributed by atoms with E-state index in [0.717, 1.165) is 3.93 Å². The van der Waals surface area contributed by atoms with Crippen LogP contribution in [0.1, 0.15) is 0 Å². The van der Waals surface area contributed by atoms with E-state index in [9.17, 15) is 0 Å². The average molecular weight is 193 g/mol. The van der Waals surface area contributed by atoms with Crippen molar-refractivity contribution in [1.29, 1.82) is 0 Å². The SMILES string of the molecule is [SnH][CH]1CSC1. The molecule has 0 aromatic carbocycles. The van der Waals surface area contributed by atoms with Gasteiger partial charge in [-0.2, -0.15) is 0 Å². The van der Waals surface area contributed by atoms with Gasteiger partial charge in [0, 0.05) is 0 Å². The zero-order valence-electron chi connectivity index (χ0n) is 2.98. The van der Waals surface area contributed by atoms with E-state index in [-0.39, 0.29) is 0 Å². The van der Waals surface area contributed by atoms with E-state index in [4.69, 9.17) is 0 Å². The summed E-state index contributed by atoms with van der Waals surface area (Å²) in [4.78, 5) is 0. The molecule has 0 bridgehead atoms. The maximum atomic E-state index is 2.08. The predicted molar refractivity (Wildman–Crippen MR) is 28.2 cm³/mol. The molecule has 1 heterocycles. The van der Waals surface area contributed by atoms with Crippen LogP contribution in [0.4, 0.5) is 0 Å². The minimum atomic E-state index is 1.16. The zero-order chi connectivity index (χ0) is 3.70. The molecule has 0 aromatic rings. The second-order valence-electron chi connectivity index (χ2n) is 1.30. The van der Waals surface area contributed by atoms with Gasteiger partial charge in [-0.1, -0.05) is 0 Å². The summed E-state index contributed by atoms with van der Waals surface area (Å²) in [5, 5.41) is 0. The van der Waals surface area contributed by atoms with Crippen molar-refractivity contribution in [1.82, 2.24) is 0 Å². The first-order valence-electron chi connectivity index (χ1n) is 1.73. The van der Waals surface area contributed by atoms with Crippen molar-refractivity contribution in [2.24, 2.45) is 0 Å². The molecule has 1 fully saturated rings. The van der Waals surface area contributed by atoms with Crippen LogP contribution >= 0.6 is 11.8 Å². The first-order valence-corrected chi connectivity index (χ1v) is 4.78. The second kappa shape index (κ2) is 1.73. The van der Waals surface area contributed by atoms with Gasteiger partial charge in [0.2, 0.25) is 0 Å². The van der Waals surface area contributed by atoms with Crippen LogP contribution in [0.3, 0.4) is 0 Å². The van der Waals surface area contributed by atoms with Crippen LogP contribution in [0.5, 0.6) is 0 Å². The van der Waals surface area contributed by atoms with Crippen LogP contribution in [-0.2, 0) is 0 Å². The van der Waals surface area contributed by atoms with Crippen LogP contribution in [0.2, 0.25) is 3.93 Å². The fourth-order valence-corrected chi connectivity index (χ4v) is 3.09. The molecule has 0 aliphatic carbocycles. The first kappa shape index (κ1) is 4.31. The molecule has 1 aliphatic rings. The van der Waals surface area contributed by atoms with Gasteiger partial charge >= 0.3 is 49.7 Å². The number of rotatable bonds is 0. The quantitative estimate of drug-likeness (QED) is 0.502. The summed E-state index contributed by atoms with van der Waals surface area (Å²) in [7, 11) is 0. The molecule has 0 spiro atoms. The van der Waals surface area contributed by atoms with Crippen LogP contribution in [0.25, 0.3) is 0 Å². The molecule has 0 nitrogen and oxygen atoms in total. The molecule has 0 aromatic heterocycles. The summed E-state index contributed by atoms with van der Waals surface area (Å²) in [5.74, 6) is 2.92. The molecule has 28 valence electrons. The third-order valence-corrected chi connectivity index (χ3v) is 5.29. The van der Waals surface area contributed by atoms with Gasteiger partial charge in [0.1, 0.15) is 0 Å². The molecule has 5 heavy (non-hydrogen) atoms. The van der Waals surface area contributed by atoms with Gasteiger partial charge in [0.15, 0.2) is 0 Å². The topological polar surface area (TPSA) is 0 Å². The summed E-state index contributed by atoms with van der Waals surface area (Å²) >= 11 is 3.57. The monoisotopic (exact) mass is 194 g/mol. The Kier molecular flexibility index (Phi) is 1.50. The van der Waals surface area contributed by atoms with Crippen LogP contribution in [0.15, 0.2) is 0 Å². The van der Waals surface area contributed by atoms with Crippen molar-refractivity contribution in [3.05, 3.63) is 0 Å². The Labute approximate surface area is 49.8 Å². The average Bonchev–Trinajstić information content (AvgIpc) is 1.30. The molecule has 0 atom stereocenters. The molecule has 2 heteroatoms. The summed E-state index contributed by atoms with van der Waals surface area (Å²) in [6.45, 7) is 0. The van der Waals surface area contributed by atoms with Crippen molar-refractivity contribution in [2.45, 2.75) is 3.93 Å². The van der Waals surface area contributed by atoms with Gasteiger partial charge in [-0.25, -0.2) is 0 Å². The number of hydrogen-bond donors (Lipinski definition) is 0. The molecule has 1 saturated heterocycles. The Morgan fingerprint density at radius 1 is 1.60 bits per heavy atom. The van der Waals surface area contributed by atoms with E-state index in [1.807, 2.05) is 0 Å². The van der Waals surface area contributed by atoms with E-state index >= 15 is 0 Å². The predicted octanol–water partition coefficient (Wildman–Crippen LogP) is 0.422. The maximum absolute atomic E-state index is 2.08. The van der Waals surface area contributed by atoms with Gasteiger partial charge in [-0.3, -0.25) is 0 Å². The van der Waals surface area contributed by atoms with Gasteiger partial charge in [0.05, 0.1) is 0 Å². The van der Waals surface area contributed by atoms with Crippen LogP contribution < -0.4 is 0 Å². The van der Waals surface area contributed by atoms with Crippen molar-refractivity contribution in [3.63, 3.8) is 0 Å². The van der Waals surface area contributed by atoms with E-state index < -0.39 is 0 Å². The third-order valence-electron chi connectivity index (χ3n) is 0.664. The fourth-order valence-electron chi connectivity index (χ4n) is 0.254. The molecular weight excluding hydrogens is 187 g/mol. The standard InChI is InChI=1S/C3H5S.Sn.H/c1-2-4-3-1;;/h1H,2-3H2;;. The van der Waals surface area contributed by atoms with Crippen molar-refractivity contribution in [2.75, 3.05) is 11.5 Å². The molecule has 0 amide bonds. The second-order valence-corrected chi connectivity index (χ2v) is 5.06. The van der Waals surface area contributed by atoms with E-state index in [1.54, 1.807) is 0 Å². The normalized spacial score (nSPS) is 25.8. The third kappa shape index (κ3) is 0.999. The molecule has 2 radical (unpaired) electrons. The molecule has 0 unspecified atom stereocenters. The first-order chi connectivity index (χ1) is 2.39. The minimum absolute atomic E-state index is 1.16. The molecule has 1 rings (SSSR count). The van der Waals surface area contributed by atoms with E-state index in [1.165, 1.54) is 34.0 Å². The van der Waals surface area contributed by atoms with Gasteiger partial charge in [-0.15, -0.1) is 0 Å². The summed E-state index contributed by atoms with van der Waals surface area (Å²) in [6, 6.07) is 0.